The van der Waals surface area contributed by atoms with Crippen LogP contribution >= 0.6 is 0 Å². The van der Waals surface area contributed by atoms with Gasteiger partial charge in [0.05, 0.1) is 6.33 Å². The van der Waals surface area contributed by atoms with Crippen LogP contribution in [0.5, 0.6) is 0 Å². The van der Waals surface area contributed by atoms with Gasteiger partial charge in [-0.1, -0.05) is 30.3 Å². The van der Waals surface area contributed by atoms with Gasteiger partial charge in [-0.15, -0.1) is 0 Å². The molecule has 0 bridgehead atoms. The first-order valence-corrected chi connectivity index (χ1v) is 9.74. The fourth-order valence-corrected chi connectivity index (χ4v) is 4.76. The highest BCUT2D eigenvalue weighted by Gasteiger charge is 2.48. The molecule has 2 fully saturated rings. The van der Waals surface area contributed by atoms with Gasteiger partial charge >= 0.3 is 0 Å². The van der Waals surface area contributed by atoms with Crippen LogP contribution in [0, 0.1) is 11.3 Å². The Morgan fingerprint density at radius 2 is 2.00 bits per heavy atom. The van der Waals surface area contributed by atoms with Gasteiger partial charge in [0.15, 0.2) is 0 Å². The highest BCUT2D eigenvalue weighted by atomic mass is 16.3. The summed E-state index contributed by atoms with van der Waals surface area (Å²) in [4.78, 5) is 21.2. The first-order chi connectivity index (χ1) is 13.1. The zero-order valence-electron chi connectivity index (χ0n) is 15.9. The van der Waals surface area contributed by atoms with Crippen molar-refractivity contribution >= 4 is 5.91 Å². The average Bonchev–Trinajstić information content (AvgIpc) is 3.26. The number of benzene rings is 1. The van der Waals surface area contributed by atoms with E-state index in [-0.39, 0.29) is 23.8 Å². The highest BCUT2D eigenvalue weighted by Crippen LogP contribution is 2.45. The quantitative estimate of drug-likeness (QED) is 0.893. The number of nitrogens with zero attached hydrogens (tertiary/aromatic N) is 4. The maximum absolute atomic E-state index is 12.7. The molecule has 1 amide bonds. The van der Waals surface area contributed by atoms with E-state index in [0.717, 1.165) is 45.6 Å². The Labute approximate surface area is 160 Å². The molecule has 27 heavy (non-hydrogen) atoms. The number of carbonyl (C=O) groups excluding carboxylic acids is 1. The van der Waals surface area contributed by atoms with Crippen LogP contribution in [0.25, 0.3) is 0 Å². The minimum Gasteiger partial charge on any atom is -0.396 e. The fraction of sp³-hybridized carbons (Fsp3) is 0.524. The SMILES string of the molecule is Cn1cnc(C(=O)N2CCC3(CC2)CN(Cc2ccccc2)CC3CO)c1. The van der Waals surface area contributed by atoms with Gasteiger partial charge in [0.1, 0.15) is 5.69 Å². The predicted octanol–water partition coefficient (Wildman–Crippen LogP) is 1.77. The van der Waals surface area contributed by atoms with Crippen molar-refractivity contribution in [1.29, 1.82) is 0 Å². The summed E-state index contributed by atoms with van der Waals surface area (Å²) < 4.78 is 1.80. The number of likely N-dealkylation sites (tertiary alicyclic amines) is 2. The van der Waals surface area contributed by atoms with Crippen molar-refractivity contribution in [3.63, 3.8) is 0 Å². The third kappa shape index (κ3) is 3.64. The van der Waals surface area contributed by atoms with Gasteiger partial charge in [0, 0.05) is 58.5 Å². The highest BCUT2D eigenvalue weighted by molar-refractivity contribution is 5.92. The third-order valence-corrected chi connectivity index (χ3v) is 6.32. The maximum Gasteiger partial charge on any atom is 0.274 e. The maximum atomic E-state index is 12.7. The van der Waals surface area contributed by atoms with Crippen molar-refractivity contribution in [2.75, 3.05) is 32.8 Å². The van der Waals surface area contributed by atoms with E-state index in [4.69, 9.17) is 0 Å². The second-order valence-corrected chi connectivity index (χ2v) is 8.11. The van der Waals surface area contributed by atoms with Gasteiger partial charge in [-0.25, -0.2) is 4.98 Å². The number of piperidine rings is 1. The number of carbonyl (C=O) groups is 1. The Kier molecular flexibility index (Phi) is 5.02. The number of hydrogen-bond donors (Lipinski definition) is 1. The van der Waals surface area contributed by atoms with E-state index in [1.54, 1.807) is 17.1 Å². The summed E-state index contributed by atoms with van der Waals surface area (Å²) in [6.07, 6.45) is 5.34. The minimum absolute atomic E-state index is 0.0186. The van der Waals surface area contributed by atoms with Gasteiger partial charge in [-0.05, 0) is 23.8 Å². The van der Waals surface area contributed by atoms with Crippen LogP contribution in [-0.2, 0) is 13.6 Å². The molecule has 1 N–H and O–H groups in total. The second kappa shape index (κ2) is 7.44. The molecule has 0 aliphatic carbocycles. The standard InChI is InChI=1S/C21H28N4O2/c1-23-13-19(22-16-23)20(27)25-9-7-21(8-10-25)15-24(12-18(21)14-26)11-17-5-3-2-4-6-17/h2-6,13,16,18,26H,7-12,14-15H2,1H3. The topological polar surface area (TPSA) is 61.6 Å². The lowest BCUT2D eigenvalue weighted by Gasteiger charge is -2.42. The Hall–Kier alpha value is -2.18. The summed E-state index contributed by atoms with van der Waals surface area (Å²) >= 11 is 0. The number of aryl methyl sites for hydroxylation is 1. The molecule has 1 aromatic heterocycles. The molecule has 6 heteroatoms. The molecule has 1 atom stereocenters. The van der Waals surface area contributed by atoms with E-state index in [9.17, 15) is 9.90 Å². The molecule has 1 unspecified atom stereocenters. The number of aliphatic hydroxyl groups excluding tert-OH is 1. The number of hydrogen-bond acceptors (Lipinski definition) is 4. The van der Waals surface area contributed by atoms with Gasteiger partial charge in [-0.3, -0.25) is 9.69 Å². The molecule has 144 valence electrons. The zero-order valence-corrected chi connectivity index (χ0v) is 15.9. The first-order valence-electron chi connectivity index (χ1n) is 9.74. The predicted molar refractivity (Wildman–Crippen MR) is 103 cm³/mol. The molecule has 2 aromatic rings. The van der Waals surface area contributed by atoms with Gasteiger partial charge in [0.2, 0.25) is 0 Å². The Morgan fingerprint density at radius 3 is 2.63 bits per heavy atom. The normalized spacial score (nSPS) is 22.4. The summed E-state index contributed by atoms with van der Waals surface area (Å²) in [6, 6.07) is 10.5. The van der Waals surface area contributed by atoms with Crippen LogP contribution in [0.2, 0.25) is 0 Å². The number of aromatic nitrogens is 2. The van der Waals surface area contributed by atoms with Gasteiger partial charge in [-0.2, -0.15) is 0 Å². The van der Waals surface area contributed by atoms with Crippen LogP contribution in [0.4, 0.5) is 0 Å². The lowest BCUT2D eigenvalue weighted by Crippen LogP contribution is -2.47. The van der Waals surface area contributed by atoms with Gasteiger partial charge < -0.3 is 14.6 Å². The van der Waals surface area contributed by atoms with E-state index in [2.05, 4.69) is 34.1 Å². The Morgan fingerprint density at radius 1 is 1.26 bits per heavy atom. The van der Waals surface area contributed by atoms with Crippen LogP contribution in [0.15, 0.2) is 42.9 Å². The molecule has 0 saturated carbocycles. The number of imidazole rings is 1. The molecule has 2 aliphatic heterocycles. The lowest BCUT2D eigenvalue weighted by molar-refractivity contribution is 0.0398. The van der Waals surface area contributed by atoms with E-state index in [1.807, 2.05) is 18.0 Å². The molecule has 1 aromatic carbocycles. The summed E-state index contributed by atoms with van der Waals surface area (Å²) in [5.74, 6) is 0.304. The van der Waals surface area contributed by atoms with Crippen LogP contribution in [0.1, 0.15) is 28.9 Å². The average molecular weight is 368 g/mol. The molecule has 2 aliphatic rings. The smallest absolute Gasteiger partial charge is 0.274 e. The number of aliphatic hydroxyl groups is 1. The molecule has 0 radical (unpaired) electrons. The first kappa shape index (κ1) is 18.2. The number of amides is 1. The van der Waals surface area contributed by atoms with E-state index in [0.29, 0.717) is 5.69 Å². The molecule has 2 saturated heterocycles. The Balaban J connectivity index is 1.40. The summed E-state index contributed by atoms with van der Waals surface area (Å²) in [5.41, 5.74) is 1.95. The van der Waals surface area contributed by atoms with Crippen LogP contribution in [-0.4, -0.2) is 63.2 Å². The van der Waals surface area contributed by atoms with Crippen LogP contribution < -0.4 is 0 Å². The molecular formula is C21H28N4O2. The third-order valence-electron chi connectivity index (χ3n) is 6.32. The zero-order chi connectivity index (χ0) is 18.9. The van der Waals surface area contributed by atoms with Crippen molar-refractivity contribution in [1.82, 2.24) is 19.4 Å². The molecule has 1 spiro atoms. The summed E-state index contributed by atoms with van der Waals surface area (Å²) in [6.45, 7) is 4.56. The van der Waals surface area contributed by atoms with Crippen molar-refractivity contribution in [2.24, 2.45) is 18.4 Å². The summed E-state index contributed by atoms with van der Waals surface area (Å²) in [5, 5.41) is 10.0. The lowest BCUT2D eigenvalue weighted by atomic mass is 9.71. The van der Waals surface area contributed by atoms with Crippen molar-refractivity contribution < 1.29 is 9.90 Å². The van der Waals surface area contributed by atoms with E-state index in [1.165, 1.54) is 5.56 Å². The molecule has 3 heterocycles. The monoisotopic (exact) mass is 368 g/mol. The fourth-order valence-electron chi connectivity index (χ4n) is 4.76. The number of rotatable bonds is 4. The summed E-state index contributed by atoms with van der Waals surface area (Å²) in [7, 11) is 1.88. The molecule has 6 nitrogen and oxygen atoms in total. The molecular weight excluding hydrogens is 340 g/mol. The molecule has 4 rings (SSSR count). The minimum atomic E-state index is 0.0186. The largest absolute Gasteiger partial charge is 0.396 e. The van der Waals surface area contributed by atoms with Gasteiger partial charge in [0.25, 0.3) is 5.91 Å². The van der Waals surface area contributed by atoms with Crippen molar-refractivity contribution in [2.45, 2.75) is 19.4 Å². The van der Waals surface area contributed by atoms with Crippen molar-refractivity contribution in [3.8, 4) is 0 Å². The second-order valence-electron chi connectivity index (χ2n) is 8.11. The van der Waals surface area contributed by atoms with Crippen molar-refractivity contribution in [3.05, 3.63) is 54.1 Å². The Bertz CT molecular complexity index is 780. The van der Waals surface area contributed by atoms with E-state index >= 15 is 0 Å². The van der Waals surface area contributed by atoms with E-state index < -0.39 is 0 Å². The van der Waals surface area contributed by atoms with Crippen LogP contribution in [0.3, 0.4) is 0 Å².